The van der Waals surface area contributed by atoms with Gasteiger partial charge in [-0.15, -0.1) is 0 Å². The first-order chi connectivity index (χ1) is 9.13. The minimum absolute atomic E-state index is 0.0131. The van der Waals surface area contributed by atoms with E-state index in [4.69, 9.17) is 0 Å². The summed E-state index contributed by atoms with van der Waals surface area (Å²) in [6.07, 6.45) is 13.2. The normalized spacial score (nSPS) is 47.1. The Morgan fingerprint density at radius 3 is 2.26 bits per heavy atom. The zero-order chi connectivity index (χ0) is 13.3. The first-order valence-corrected chi connectivity index (χ1v) is 8.56. The van der Waals surface area contributed by atoms with Crippen molar-refractivity contribution in [2.24, 2.45) is 17.8 Å². The van der Waals surface area contributed by atoms with Gasteiger partial charge < -0.3 is 10.4 Å². The zero-order valence-corrected chi connectivity index (χ0v) is 12.5. The van der Waals surface area contributed by atoms with Crippen LogP contribution in [-0.4, -0.2) is 23.3 Å². The molecule has 0 aliphatic heterocycles. The van der Waals surface area contributed by atoms with Gasteiger partial charge in [-0.3, -0.25) is 0 Å². The Labute approximate surface area is 118 Å². The van der Waals surface area contributed by atoms with Crippen LogP contribution in [0.1, 0.15) is 71.1 Å². The standard InChI is InChI=1S/C17H31NO/c1-17(10-14-3-2-4-15(9-14)11-17)18-12-13-5-7-16(19)8-6-13/h13-16,18-19H,2-12H2,1H3. The molecule has 2 N–H and O–H groups in total. The van der Waals surface area contributed by atoms with Crippen LogP contribution in [0.5, 0.6) is 0 Å². The molecule has 3 saturated carbocycles. The molecule has 110 valence electrons. The summed E-state index contributed by atoms with van der Waals surface area (Å²) in [6, 6.07) is 0. The predicted molar refractivity (Wildman–Crippen MR) is 79.1 cm³/mol. The second kappa shape index (κ2) is 5.73. The van der Waals surface area contributed by atoms with Crippen molar-refractivity contribution in [1.82, 2.24) is 5.32 Å². The molecule has 2 nitrogen and oxygen atoms in total. The first kappa shape index (κ1) is 13.9. The van der Waals surface area contributed by atoms with Crippen LogP contribution in [-0.2, 0) is 0 Å². The van der Waals surface area contributed by atoms with Crippen LogP contribution in [0, 0.1) is 17.8 Å². The third-order valence-electron chi connectivity index (χ3n) is 6.00. The van der Waals surface area contributed by atoms with Crippen molar-refractivity contribution in [3.05, 3.63) is 0 Å². The van der Waals surface area contributed by atoms with E-state index in [9.17, 15) is 5.11 Å². The Bertz CT molecular complexity index is 284. The molecule has 0 aromatic rings. The molecule has 0 spiro atoms. The van der Waals surface area contributed by atoms with Crippen molar-refractivity contribution in [1.29, 1.82) is 0 Å². The van der Waals surface area contributed by atoms with Crippen LogP contribution in [0.3, 0.4) is 0 Å². The maximum atomic E-state index is 9.58. The van der Waals surface area contributed by atoms with Gasteiger partial charge in [-0.05, 0) is 76.2 Å². The maximum absolute atomic E-state index is 9.58. The largest absolute Gasteiger partial charge is 0.393 e. The lowest BCUT2D eigenvalue weighted by Gasteiger charge is -2.46. The van der Waals surface area contributed by atoms with E-state index in [-0.39, 0.29) is 6.10 Å². The van der Waals surface area contributed by atoms with Crippen molar-refractivity contribution < 1.29 is 5.11 Å². The highest BCUT2D eigenvalue weighted by Crippen LogP contribution is 2.44. The summed E-state index contributed by atoms with van der Waals surface area (Å²) >= 11 is 0. The van der Waals surface area contributed by atoms with Gasteiger partial charge in [0.15, 0.2) is 0 Å². The molecule has 0 heterocycles. The Hall–Kier alpha value is -0.0800. The topological polar surface area (TPSA) is 32.3 Å². The van der Waals surface area contributed by atoms with E-state index in [1.54, 1.807) is 0 Å². The van der Waals surface area contributed by atoms with E-state index >= 15 is 0 Å². The van der Waals surface area contributed by atoms with Gasteiger partial charge >= 0.3 is 0 Å². The lowest BCUT2D eigenvalue weighted by Crippen LogP contribution is -2.51. The molecule has 2 atom stereocenters. The average Bonchev–Trinajstić information content (AvgIpc) is 2.37. The smallest absolute Gasteiger partial charge is 0.0540 e. The van der Waals surface area contributed by atoms with E-state index in [0.29, 0.717) is 5.54 Å². The van der Waals surface area contributed by atoms with Crippen LogP contribution < -0.4 is 5.32 Å². The summed E-state index contributed by atoms with van der Waals surface area (Å²) in [7, 11) is 0. The fourth-order valence-electron chi connectivity index (χ4n) is 5.01. The van der Waals surface area contributed by atoms with Crippen molar-refractivity contribution in [2.75, 3.05) is 6.54 Å². The van der Waals surface area contributed by atoms with Gasteiger partial charge in [0.1, 0.15) is 0 Å². The molecule has 0 radical (unpaired) electrons. The molecule has 0 aromatic heterocycles. The van der Waals surface area contributed by atoms with Gasteiger partial charge in [-0.1, -0.05) is 19.3 Å². The molecule has 2 heteroatoms. The number of fused-ring (bicyclic) bond motifs is 2. The summed E-state index contributed by atoms with van der Waals surface area (Å²) < 4.78 is 0. The highest BCUT2D eigenvalue weighted by molar-refractivity contribution is 4.95. The molecule has 3 rings (SSSR count). The molecule has 3 aliphatic rings. The van der Waals surface area contributed by atoms with Gasteiger partial charge in [0.2, 0.25) is 0 Å². The average molecular weight is 265 g/mol. The molecule has 3 fully saturated rings. The number of aliphatic hydroxyl groups excluding tert-OH is 1. The van der Waals surface area contributed by atoms with Gasteiger partial charge in [-0.25, -0.2) is 0 Å². The summed E-state index contributed by atoms with van der Waals surface area (Å²) in [5, 5.41) is 13.5. The molecule has 2 bridgehead atoms. The molecule has 2 unspecified atom stereocenters. The highest BCUT2D eigenvalue weighted by atomic mass is 16.3. The van der Waals surface area contributed by atoms with E-state index in [2.05, 4.69) is 12.2 Å². The number of hydrogen-bond donors (Lipinski definition) is 2. The highest BCUT2D eigenvalue weighted by Gasteiger charge is 2.39. The van der Waals surface area contributed by atoms with Crippen molar-refractivity contribution in [3.63, 3.8) is 0 Å². The Morgan fingerprint density at radius 2 is 1.63 bits per heavy atom. The number of nitrogens with one attached hydrogen (secondary N) is 1. The predicted octanol–water partition coefficient (Wildman–Crippen LogP) is 3.49. The van der Waals surface area contributed by atoms with Crippen LogP contribution in [0.15, 0.2) is 0 Å². The molecule has 3 aliphatic carbocycles. The minimum atomic E-state index is -0.0131. The SMILES string of the molecule is CC1(NCC2CCC(O)CC2)CC2CCCC(C2)C1. The summed E-state index contributed by atoms with van der Waals surface area (Å²) in [5.74, 6) is 2.80. The van der Waals surface area contributed by atoms with Crippen LogP contribution in [0.25, 0.3) is 0 Å². The van der Waals surface area contributed by atoms with Crippen LogP contribution in [0.4, 0.5) is 0 Å². The number of hydrogen-bond acceptors (Lipinski definition) is 2. The second-order valence-electron chi connectivity index (χ2n) is 7.92. The second-order valence-corrected chi connectivity index (χ2v) is 7.92. The molecule has 0 saturated heterocycles. The first-order valence-electron chi connectivity index (χ1n) is 8.56. The maximum Gasteiger partial charge on any atom is 0.0540 e. The minimum Gasteiger partial charge on any atom is -0.393 e. The third-order valence-corrected chi connectivity index (χ3v) is 6.00. The Balaban J connectivity index is 1.48. The Kier molecular flexibility index (Phi) is 4.19. The van der Waals surface area contributed by atoms with Crippen molar-refractivity contribution >= 4 is 0 Å². The molecule has 0 amide bonds. The van der Waals surface area contributed by atoms with E-state index in [0.717, 1.165) is 30.6 Å². The fraction of sp³-hybridized carbons (Fsp3) is 1.00. The van der Waals surface area contributed by atoms with Crippen molar-refractivity contribution in [3.8, 4) is 0 Å². The van der Waals surface area contributed by atoms with E-state index in [1.165, 1.54) is 57.9 Å². The molecule has 0 aromatic carbocycles. The fourth-order valence-corrected chi connectivity index (χ4v) is 5.01. The van der Waals surface area contributed by atoms with Gasteiger partial charge in [0, 0.05) is 5.54 Å². The number of aliphatic hydroxyl groups is 1. The van der Waals surface area contributed by atoms with Gasteiger partial charge in [0.25, 0.3) is 0 Å². The molecular weight excluding hydrogens is 234 g/mol. The molecule has 19 heavy (non-hydrogen) atoms. The lowest BCUT2D eigenvalue weighted by molar-refractivity contribution is 0.0819. The number of rotatable bonds is 3. The molecular formula is C17H31NO. The third kappa shape index (κ3) is 3.52. The van der Waals surface area contributed by atoms with Crippen LogP contribution >= 0.6 is 0 Å². The van der Waals surface area contributed by atoms with E-state index < -0.39 is 0 Å². The lowest BCUT2D eigenvalue weighted by atomic mass is 9.65. The summed E-state index contributed by atoms with van der Waals surface area (Å²) in [6.45, 7) is 3.65. The summed E-state index contributed by atoms with van der Waals surface area (Å²) in [5.41, 5.74) is 0.407. The quantitative estimate of drug-likeness (QED) is 0.819. The van der Waals surface area contributed by atoms with Crippen LogP contribution in [0.2, 0.25) is 0 Å². The van der Waals surface area contributed by atoms with Crippen molar-refractivity contribution in [2.45, 2.75) is 82.8 Å². The Morgan fingerprint density at radius 1 is 1.00 bits per heavy atom. The zero-order valence-electron chi connectivity index (χ0n) is 12.5. The summed E-state index contributed by atoms with van der Waals surface area (Å²) in [4.78, 5) is 0. The monoisotopic (exact) mass is 265 g/mol. The van der Waals surface area contributed by atoms with Gasteiger partial charge in [0.05, 0.1) is 6.10 Å². The van der Waals surface area contributed by atoms with Gasteiger partial charge in [-0.2, -0.15) is 0 Å². The van der Waals surface area contributed by atoms with E-state index in [1.807, 2.05) is 0 Å².